The van der Waals surface area contributed by atoms with Crippen molar-refractivity contribution in [2.45, 2.75) is 32.9 Å². The van der Waals surface area contributed by atoms with Crippen LogP contribution in [0.15, 0.2) is 91.5 Å². The van der Waals surface area contributed by atoms with Crippen LogP contribution in [0.1, 0.15) is 26.3 Å². The standard InChI is InChI=1S/C34H35FN8O2/c1-34(2,3)45-33(44)42-19-17-41(18-20-42)28-12-10-27(11-13-28)38-32-37-16-14-30(39-32)29-23-43(22-24-6-8-26(35)9-7-24)40-31(29)25-5-4-15-36-21-25/h4-16,21,23H,17-20,22H2,1-3H3,(H,37,38,39). The van der Waals surface area contributed by atoms with E-state index < -0.39 is 5.60 Å². The van der Waals surface area contributed by atoms with Gasteiger partial charge in [0, 0.05) is 73.5 Å². The molecule has 6 rings (SSSR count). The Labute approximate surface area is 261 Å². The van der Waals surface area contributed by atoms with Gasteiger partial charge in [-0.25, -0.2) is 19.2 Å². The first-order valence-corrected chi connectivity index (χ1v) is 14.9. The van der Waals surface area contributed by atoms with Crippen molar-refractivity contribution in [2.75, 3.05) is 36.4 Å². The Morgan fingerprint density at radius 2 is 1.71 bits per heavy atom. The molecule has 0 spiro atoms. The number of nitrogens with one attached hydrogen (secondary N) is 1. The summed E-state index contributed by atoms with van der Waals surface area (Å²) in [4.78, 5) is 30.0. The first-order valence-electron chi connectivity index (χ1n) is 14.9. The second-order valence-corrected chi connectivity index (χ2v) is 11.8. The fourth-order valence-electron chi connectivity index (χ4n) is 5.11. The predicted octanol–water partition coefficient (Wildman–Crippen LogP) is 6.39. The average molecular weight is 607 g/mol. The number of pyridine rings is 1. The molecule has 0 aliphatic carbocycles. The number of amides is 1. The number of aromatic nitrogens is 5. The van der Waals surface area contributed by atoms with E-state index in [9.17, 15) is 9.18 Å². The maximum Gasteiger partial charge on any atom is 0.410 e. The van der Waals surface area contributed by atoms with Gasteiger partial charge in [0.15, 0.2) is 0 Å². The number of ether oxygens (including phenoxy) is 1. The molecule has 0 bridgehead atoms. The fourth-order valence-corrected chi connectivity index (χ4v) is 5.11. The summed E-state index contributed by atoms with van der Waals surface area (Å²) < 4.78 is 20.8. The van der Waals surface area contributed by atoms with E-state index in [0.29, 0.717) is 31.3 Å². The van der Waals surface area contributed by atoms with Crippen LogP contribution in [0, 0.1) is 5.82 Å². The Morgan fingerprint density at radius 1 is 0.956 bits per heavy atom. The number of hydrogen-bond acceptors (Lipinski definition) is 8. The van der Waals surface area contributed by atoms with Crippen molar-refractivity contribution in [1.82, 2.24) is 29.6 Å². The molecule has 11 heteroatoms. The molecule has 1 N–H and O–H groups in total. The molecule has 0 unspecified atom stereocenters. The van der Waals surface area contributed by atoms with Gasteiger partial charge < -0.3 is 19.9 Å². The molecule has 5 aromatic rings. The van der Waals surface area contributed by atoms with Crippen LogP contribution in [0.4, 0.5) is 26.5 Å². The topological polar surface area (TPSA) is 101 Å². The number of hydrogen-bond donors (Lipinski definition) is 1. The van der Waals surface area contributed by atoms with E-state index in [0.717, 1.165) is 46.8 Å². The highest BCUT2D eigenvalue weighted by molar-refractivity contribution is 5.78. The van der Waals surface area contributed by atoms with Crippen LogP contribution in [-0.2, 0) is 11.3 Å². The van der Waals surface area contributed by atoms with Gasteiger partial charge in [0.05, 0.1) is 12.2 Å². The van der Waals surface area contributed by atoms with Crippen LogP contribution >= 0.6 is 0 Å². The van der Waals surface area contributed by atoms with Gasteiger partial charge in [-0.1, -0.05) is 12.1 Å². The molecule has 0 saturated carbocycles. The molecule has 10 nitrogen and oxygen atoms in total. The summed E-state index contributed by atoms with van der Waals surface area (Å²) in [6.45, 7) is 8.79. The van der Waals surface area contributed by atoms with E-state index in [2.05, 4.69) is 32.3 Å². The minimum Gasteiger partial charge on any atom is -0.444 e. The van der Waals surface area contributed by atoms with E-state index in [1.54, 1.807) is 35.6 Å². The molecule has 230 valence electrons. The Bertz CT molecular complexity index is 1740. The summed E-state index contributed by atoms with van der Waals surface area (Å²) in [6, 6.07) is 20.2. The lowest BCUT2D eigenvalue weighted by Crippen LogP contribution is -2.50. The summed E-state index contributed by atoms with van der Waals surface area (Å²) in [6.07, 6.45) is 6.88. The number of anilines is 3. The molecular formula is C34H35FN8O2. The van der Waals surface area contributed by atoms with E-state index in [-0.39, 0.29) is 11.9 Å². The molecule has 0 radical (unpaired) electrons. The highest BCUT2D eigenvalue weighted by Crippen LogP contribution is 2.31. The first-order chi connectivity index (χ1) is 21.7. The molecule has 1 aliphatic heterocycles. The molecule has 1 fully saturated rings. The second kappa shape index (κ2) is 12.7. The molecule has 1 saturated heterocycles. The minimum atomic E-state index is -0.505. The smallest absolute Gasteiger partial charge is 0.410 e. The zero-order valence-electron chi connectivity index (χ0n) is 25.5. The summed E-state index contributed by atoms with van der Waals surface area (Å²) in [5.41, 5.74) is 5.49. The van der Waals surface area contributed by atoms with Crippen molar-refractivity contribution in [3.8, 4) is 22.5 Å². The molecular weight excluding hydrogens is 571 g/mol. The van der Waals surface area contributed by atoms with Crippen molar-refractivity contribution >= 4 is 23.4 Å². The zero-order chi connectivity index (χ0) is 31.4. The number of carbonyl (C=O) groups excluding carboxylic acids is 1. The van der Waals surface area contributed by atoms with Crippen molar-refractivity contribution in [3.63, 3.8) is 0 Å². The Morgan fingerprint density at radius 3 is 2.40 bits per heavy atom. The Balaban J connectivity index is 1.16. The largest absolute Gasteiger partial charge is 0.444 e. The molecule has 4 heterocycles. The Hall–Kier alpha value is -5.32. The third-order valence-corrected chi connectivity index (χ3v) is 7.31. The third kappa shape index (κ3) is 7.43. The van der Waals surface area contributed by atoms with Gasteiger partial charge in [0.25, 0.3) is 0 Å². The molecule has 1 amide bonds. The van der Waals surface area contributed by atoms with Gasteiger partial charge in [-0.3, -0.25) is 9.67 Å². The quantitative estimate of drug-likeness (QED) is 0.228. The lowest BCUT2D eigenvalue weighted by molar-refractivity contribution is 0.0240. The van der Waals surface area contributed by atoms with Gasteiger partial charge in [0.1, 0.15) is 17.1 Å². The van der Waals surface area contributed by atoms with E-state index in [1.165, 1.54) is 12.1 Å². The highest BCUT2D eigenvalue weighted by atomic mass is 19.1. The highest BCUT2D eigenvalue weighted by Gasteiger charge is 2.26. The van der Waals surface area contributed by atoms with Crippen LogP contribution in [-0.4, -0.2) is 67.5 Å². The van der Waals surface area contributed by atoms with Gasteiger partial charge in [0.2, 0.25) is 5.95 Å². The number of rotatable bonds is 7. The first kappa shape index (κ1) is 29.7. The molecule has 0 atom stereocenters. The molecule has 45 heavy (non-hydrogen) atoms. The summed E-state index contributed by atoms with van der Waals surface area (Å²) in [5.74, 6) is 0.180. The van der Waals surface area contributed by atoms with Gasteiger partial charge in [-0.2, -0.15) is 5.10 Å². The van der Waals surface area contributed by atoms with Crippen LogP contribution in [0.2, 0.25) is 0 Å². The van der Waals surface area contributed by atoms with Gasteiger partial charge >= 0.3 is 6.09 Å². The normalized spacial score (nSPS) is 13.5. The van der Waals surface area contributed by atoms with E-state index in [1.807, 2.05) is 62.0 Å². The SMILES string of the molecule is CC(C)(C)OC(=O)N1CCN(c2ccc(Nc3nccc(-c4cn(Cc5ccc(F)cc5)nc4-c4cccnc4)n3)cc2)CC1. The monoisotopic (exact) mass is 606 g/mol. The maximum absolute atomic E-state index is 13.4. The number of benzene rings is 2. The van der Waals surface area contributed by atoms with Crippen LogP contribution < -0.4 is 10.2 Å². The average Bonchev–Trinajstić information content (AvgIpc) is 3.46. The van der Waals surface area contributed by atoms with Crippen LogP contribution in [0.25, 0.3) is 22.5 Å². The zero-order valence-corrected chi connectivity index (χ0v) is 25.5. The van der Waals surface area contributed by atoms with E-state index >= 15 is 0 Å². The van der Waals surface area contributed by atoms with Crippen molar-refractivity contribution < 1.29 is 13.9 Å². The summed E-state index contributed by atoms with van der Waals surface area (Å²) in [7, 11) is 0. The van der Waals surface area contributed by atoms with Gasteiger partial charge in [-0.05, 0) is 80.9 Å². The van der Waals surface area contributed by atoms with Crippen molar-refractivity contribution in [2.24, 2.45) is 0 Å². The second-order valence-electron chi connectivity index (χ2n) is 11.8. The molecule has 3 aromatic heterocycles. The number of nitrogens with zero attached hydrogens (tertiary/aromatic N) is 7. The molecule has 2 aromatic carbocycles. The fraction of sp³-hybridized carbons (Fsp3) is 0.265. The minimum absolute atomic E-state index is 0.267. The third-order valence-electron chi connectivity index (χ3n) is 7.31. The predicted molar refractivity (Wildman–Crippen MR) is 172 cm³/mol. The summed E-state index contributed by atoms with van der Waals surface area (Å²) >= 11 is 0. The number of halogens is 1. The van der Waals surface area contributed by atoms with Crippen molar-refractivity contribution in [3.05, 3.63) is 103 Å². The lowest BCUT2D eigenvalue weighted by atomic mass is 10.1. The Kier molecular flexibility index (Phi) is 8.41. The van der Waals surface area contributed by atoms with Gasteiger partial charge in [-0.15, -0.1) is 0 Å². The van der Waals surface area contributed by atoms with Crippen LogP contribution in [0.5, 0.6) is 0 Å². The van der Waals surface area contributed by atoms with Crippen molar-refractivity contribution in [1.29, 1.82) is 0 Å². The molecule has 1 aliphatic rings. The number of carbonyl (C=O) groups is 1. The van der Waals surface area contributed by atoms with Crippen LogP contribution in [0.3, 0.4) is 0 Å². The lowest BCUT2D eigenvalue weighted by Gasteiger charge is -2.36. The van der Waals surface area contributed by atoms with E-state index in [4.69, 9.17) is 14.8 Å². The summed E-state index contributed by atoms with van der Waals surface area (Å²) in [5, 5.41) is 8.15. The number of piperazine rings is 1. The maximum atomic E-state index is 13.4.